The fourth-order valence-electron chi connectivity index (χ4n) is 2.21. The van der Waals surface area contributed by atoms with Crippen LogP contribution in [0.1, 0.15) is 11.1 Å². The highest BCUT2D eigenvalue weighted by Crippen LogP contribution is 2.21. The molecule has 0 unspecified atom stereocenters. The lowest BCUT2D eigenvalue weighted by molar-refractivity contribution is -0.113. The van der Waals surface area contributed by atoms with E-state index < -0.39 is 0 Å². The molecule has 0 aliphatic heterocycles. The van der Waals surface area contributed by atoms with Crippen molar-refractivity contribution in [1.82, 2.24) is 15.0 Å². The summed E-state index contributed by atoms with van der Waals surface area (Å²) >= 11 is 1.37. The SMILES string of the molecule is Cc1cccc(C)c1NC(=O)CSc1nc2ncccc2[nH]1. The van der Waals surface area contributed by atoms with Gasteiger partial charge in [-0.05, 0) is 37.1 Å². The Labute approximate surface area is 132 Å². The normalized spacial score (nSPS) is 10.8. The van der Waals surface area contributed by atoms with E-state index in [1.54, 1.807) is 6.20 Å². The second-order valence-corrected chi connectivity index (χ2v) is 5.98. The molecule has 1 amide bonds. The Morgan fingerprint density at radius 3 is 2.73 bits per heavy atom. The van der Waals surface area contributed by atoms with E-state index in [0.717, 1.165) is 22.3 Å². The van der Waals surface area contributed by atoms with Gasteiger partial charge in [0.05, 0.1) is 11.3 Å². The summed E-state index contributed by atoms with van der Waals surface area (Å²) in [6, 6.07) is 9.72. The van der Waals surface area contributed by atoms with Gasteiger partial charge in [0.15, 0.2) is 10.8 Å². The van der Waals surface area contributed by atoms with E-state index in [1.165, 1.54) is 11.8 Å². The van der Waals surface area contributed by atoms with Crippen LogP contribution >= 0.6 is 11.8 Å². The van der Waals surface area contributed by atoms with Crippen LogP contribution in [0.15, 0.2) is 41.7 Å². The predicted octanol–water partition coefficient (Wildman–Crippen LogP) is 3.31. The van der Waals surface area contributed by atoms with Crippen molar-refractivity contribution >= 4 is 34.5 Å². The van der Waals surface area contributed by atoms with E-state index in [-0.39, 0.29) is 5.91 Å². The molecule has 2 N–H and O–H groups in total. The van der Waals surface area contributed by atoms with Gasteiger partial charge in [-0.2, -0.15) is 0 Å². The van der Waals surface area contributed by atoms with E-state index >= 15 is 0 Å². The molecule has 2 heterocycles. The molecule has 2 aromatic heterocycles. The van der Waals surface area contributed by atoms with Crippen molar-refractivity contribution < 1.29 is 4.79 Å². The molecule has 5 nitrogen and oxygen atoms in total. The molecule has 0 spiro atoms. The Morgan fingerprint density at radius 1 is 1.23 bits per heavy atom. The molecule has 0 atom stereocenters. The fraction of sp³-hybridized carbons (Fsp3) is 0.188. The van der Waals surface area contributed by atoms with Crippen LogP contribution < -0.4 is 5.32 Å². The first-order chi connectivity index (χ1) is 10.6. The lowest BCUT2D eigenvalue weighted by Gasteiger charge is -2.10. The number of hydrogen-bond donors (Lipinski definition) is 2. The van der Waals surface area contributed by atoms with Crippen LogP contribution in [0.25, 0.3) is 11.2 Å². The summed E-state index contributed by atoms with van der Waals surface area (Å²) in [5.41, 5.74) is 4.55. The molecule has 112 valence electrons. The van der Waals surface area contributed by atoms with Gasteiger partial charge < -0.3 is 10.3 Å². The quantitative estimate of drug-likeness (QED) is 0.725. The van der Waals surface area contributed by atoms with Crippen LogP contribution in [0.3, 0.4) is 0 Å². The molecule has 0 radical (unpaired) electrons. The van der Waals surface area contributed by atoms with Gasteiger partial charge in [-0.15, -0.1) is 0 Å². The van der Waals surface area contributed by atoms with Crippen LogP contribution in [-0.2, 0) is 4.79 Å². The van der Waals surface area contributed by atoms with Crippen molar-refractivity contribution in [1.29, 1.82) is 0 Å². The van der Waals surface area contributed by atoms with Crippen LogP contribution in [0.4, 0.5) is 5.69 Å². The predicted molar refractivity (Wildman–Crippen MR) is 89.2 cm³/mol. The number of aromatic nitrogens is 3. The van der Waals surface area contributed by atoms with Gasteiger partial charge in [-0.25, -0.2) is 9.97 Å². The molecule has 3 aromatic rings. The number of carbonyl (C=O) groups excluding carboxylic acids is 1. The molecule has 0 saturated carbocycles. The summed E-state index contributed by atoms with van der Waals surface area (Å²) in [7, 11) is 0. The number of carbonyl (C=O) groups is 1. The lowest BCUT2D eigenvalue weighted by Crippen LogP contribution is -2.15. The maximum absolute atomic E-state index is 12.1. The van der Waals surface area contributed by atoms with Gasteiger partial charge in [0.25, 0.3) is 0 Å². The van der Waals surface area contributed by atoms with Crippen LogP contribution in [-0.4, -0.2) is 26.6 Å². The largest absolute Gasteiger partial charge is 0.332 e. The van der Waals surface area contributed by atoms with Crippen molar-refractivity contribution in [2.45, 2.75) is 19.0 Å². The molecule has 0 bridgehead atoms. The number of nitrogens with one attached hydrogen (secondary N) is 2. The van der Waals surface area contributed by atoms with Gasteiger partial charge in [0.2, 0.25) is 5.91 Å². The Balaban J connectivity index is 1.65. The maximum Gasteiger partial charge on any atom is 0.234 e. The third-order valence-corrected chi connectivity index (χ3v) is 4.19. The molecular formula is C16H16N4OS. The number of para-hydroxylation sites is 1. The van der Waals surface area contributed by atoms with Crippen LogP contribution in [0, 0.1) is 13.8 Å². The molecule has 22 heavy (non-hydrogen) atoms. The van der Waals surface area contributed by atoms with E-state index in [1.807, 2.05) is 44.2 Å². The molecule has 6 heteroatoms. The number of rotatable bonds is 4. The number of hydrogen-bond acceptors (Lipinski definition) is 4. The Morgan fingerprint density at radius 2 is 2.00 bits per heavy atom. The van der Waals surface area contributed by atoms with E-state index in [9.17, 15) is 4.79 Å². The zero-order valence-corrected chi connectivity index (χ0v) is 13.2. The third kappa shape index (κ3) is 3.12. The zero-order chi connectivity index (χ0) is 15.5. The van der Waals surface area contributed by atoms with Gasteiger partial charge >= 0.3 is 0 Å². The summed E-state index contributed by atoms with van der Waals surface area (Å²) < 4.78 is 0. The van der Waals surface area contributed by atoms with Crippen molar-refractivity contribution in [2.75, 3.05) is 11.1 Å². The minimum atomic E-state index is -0.0455. The number of thioether (sulfide) groups is 1. The van der Waals surface area contributed by atoms with Crippen LogP contribution in [0.5, 0.6) is 0 Å². The lowest BCUT2D eigenvalue weighted by atomic mass is 10.1. The molecule has 0 saturated heterocycles. The monoisotopic (exact) mass is 312 g/mol. The number of nitrogens with zero attached hydrogens (tertiary/aromatic N) is 2. The topological polar surface area (TPSA) is 70.7 Å². The van der Waals surface area contributed by atoms with Gasteiger partial charge in [0, 0.05) is 11.9 Å². The molecule has 0 aliphatic rings. The molecule has 0 aliphatic carbocycles. The summed E-state index contributed by atoms with van der Waals surface area (Å²) in [5.74, 6) is 0.254. The highest BCUT2D eigenvalue weighted by Gasteiger charge is 2.10. The Kier molecular flexibility index (Phi) is 4.11. The minimum absolute atomic E-state index is 0.0455. The first kappa shape index (κ1) is 14.6. The minimum Gasteiger partial charge on any atom is -0.332 e. The fourth-order valence-corrected chi connectivity index (χ4v) is 2.89. The summed E-state index contributed by atoms with van der Waals surface area (Å²) in [6.45, 7) is 3.97. The number of H-pyrrole nitrogens is 1. The highest BCUT2D eigenvalue weighted by molar-refractivity contribution is 7.99. The van der Waals surface area contributed by atoms with E-state index in [2.05, 4.69) is 20.3 Å². The van der Waals surface area contributed by atoms with Gasteiger partial charge in [0.1, 0.15) is 0 Å². The smallest absolute Gasteiger partial charge is 0.234 e. The summed E-state index contributed by atoms with van der Waals surface area (Å²) in [6.07, 6.45) is 1.70. The number of benzene rings is 1. The molecule has 1 aromatic carbocycles. The molecule has 0 fully saturated rings. The van der Waals surface area contributed by atoms with E-state index in [0.29, 0.717) is 16.6 Å². The molecular weight excluding hydrogens is 296 g/mol. The zero-order valence-electron chi connectivity index (χ0n) is 12.4. The number of aryl methyl sites for hydroxylation is 2. The number of aromatic amines is 1. The number of anilines is 1. The second kappa shape index (κ2) is 6.19. The highest BCUT2D eigenvalue weighted by atomic mass is 32.2. The van der Waals surface area contributed by atoms with Gasteiger partial charge in [-0.3, -0.25) is 4.79 Å². The standard InChI is InChI=1S/C16H16N4OS/c1-10-5-3-6-11(2)14(10)19-13(21)9-22-16-18-12-7-4-8-17-15(12)20-16/h3-8H,9H2,1-2H3,(H,19,21)(H,17,18,20). The van der Waals surface area contributed by atoms with Crippen molar-refractivity contribution in [2.24, 2.45) is 0 Å². The number of imidazole rings is 1. The first-order valence-corrected chi connectivity index (χ1v) is 7.91. The number of fused-ring (bicyclic) bond motifs is 1. The van der Waals surface area contributed by atoms with E-state index in [4.69, 9.17) is 0 Å². The first-order valence-electron chi connectivity index (χ1n) is 6.93. The van der Waals surface area contributed by atoms with Crippen molar-refractivity contribution in [3.63, 3.8) is 0 Å². The van der Waals surface area contributed by atoms with Crippen molar-refractivity contribution in [3.05, 3.63) is 47.7 Å². The van der Waals surface area contributed by atoms with Crippen molar-refractivity contribution in [3.8, 4) is 0 Å². The van der Waals surface area contributed by atoms with Gasteiger partial charge in [-0.1, -0.05) is 30.0 Å². The number of amides is 1. The number of pyridine rings is 1. The Hall–Kier alpha value is -2.34. The maximum atomic E-state index is 12.1. The van der Waals surface area contributed by atoms with Crippen LogP contribution in [0.2, 0.25) is 0 Å². The average Bonchev–Trinajstić information content (AvgIpc) is 2.92. The average molecular weight is 312 g/mol. The summed E-state index contributed by atoms with van der Waals surface area (Å²) in [4.78, 5) is 23.8. The second-order valence-electron chi connectivity index (χ2n) is 5.02. The summed E-state index contributed by atoms with van der Waals surface area (Å²) in [5, 5.41) is 3.66. The Bertz CT molecular complexity index is 775. The third-order valence-electron chi connectivity index (χ3n) is 3.32. The molecule has 3 rings (SSSR count).